The molecule has 5 nitrogen and oxygen atoms in total. The monoisotopic (exact) mass is 355 g/mol. The summed E-state index contributed by atoms with van der Waals surface area (Å²) in [6.45, 7) is 0.892. The molecule has 0 spiro atoms. The average molecular weight is 356 g/mol. The maximum Gasteiger partial charge on any atom is 0.206 e. The van der Waals surface area contributed by atoms with Crippen molar-refractivity contribution >= 4 is 22.2 Å². The first-order valence-corrected chi connectivity index (χ1v) is 8.53. The van der Waals surface area contributed by atoms with Crippen LogP contribution in [0.4, 0.5) is 0 Å². The van der Waals surface area contributed by atoms with Crippen molar-refractivity contribution in [2.75, 3.05) is 13.2 Å². The fourth-order valence-electron chi connectivity index (χ4n) is 2.33. The van der Waals surface area contributed by atoms with Crippen molar-refractivity contribution in [3.05, 3.63) is 48.5 Å². The van der Waals surface area contributed by atoms with Gasteiger partial charge in [-0.25, -0.2) is 8.42 Å². The summed E-state index contributed by atoms with van der Waals surface area (Å²) in [6.07, 6.45) is 0.609. The Balaban J connectivity index is 0.00000192. The van der Waals surface area contributed by atoms with Crippen molar-refractivity contribution < 1.29 is 17.9 Å². The van der Waals surface area contributed by atoms with E-state index >= 15 is 0 Å². The molecule has 0 saturated carbocycles. The van der Waals surface area contributed by atoms with Gasteiger partial charge in [0.05, 0.1) is 9.79 Å². The molecule has 0 saturated heterocycles. The second-order valence-corrected chi connectivity index (χ2v) is 7.00. The molecule has 7 heteroatoms. The van der Waals surface area contributed by atoms with Crippen LogP contribution < -0.4 is 15.2 Å². The molecule has 124 valence electrons. The van der Waals surface area contributed by atoms with Crippen LogP contribution in [-0.2, 0) is 9.84 Å². The lowest BCUT2D eigenvalue weighted by Gasteiger charge is -2.26. The van der Waals surface area contributed by atoms with Crippen LogP contribution in [0.3, 0.4) is 0 Å². The summed E-state index contributed by atoms with van der Waals surface area (Å²) in [5.41, 5.74) is 5.51. The summed E-state index contributed by atoms with van der Waals surface area (Å²) in [6, 6.07) is 13.0. The van der Waals surface area contributed by atoms with E-state index in [1.807, 2.05) is 0 Å². The quantitative estimate of drug-likeness (QED) is 0.911. The number of ether oxygens (including phenoxy) is 2. The molecule has 0 radical (unpaired) electrons. The topological polar surface area (TPSA) is 78.6 Å². The lowest BCUT2D eigenvalue weighted by Crippen LogP contribution is -2.31. The zero-order valence-corrected chi connectivity index (χ0v) is 14.0. The minimum Gasteiger partial charge on any atom is -0.486 e. The van der Waals surface area contributed by atoms with Crippen LogP contribution in [0.2, 0.25) is 0 Å². The third kappa shape index (κ3) is 3.60. The molecule has 2 aromatic carbocycles. The Kier molecular flexibility index (Phi) is 5.51. The molecule has 0 bridgehead atoms. The Morgan fingerprint density at radius 3 is 2.48 bits per heavy atom. The van der Waals surface area contributed by atoms with Gasteiger partial charge in [0.1, 0.15) is 12.7 Å². The molecule has 1 heterocycles. The summed E-state index contributed by atoms with van der Waals surface area (Å²) in [5.74, 6) is 1.00. The highest BCUT2D eigenvalue weighted by Gasteiger charge is 2.24. The molecule has 0 amide bonds. The molecule has 0 aromatic heterocycles. The number of nitrogens with two attached hydrogens (primary N) is 1. The highest BCUT2D eigenvalue weighted by molar-refractivity contribution is 7.91. The van der Waals surface area contributed by atoms with Gasteiger partial charge >= 0.3 is 0 Å². The molecule has 0 fully saturated rings. The normalized spacial score (nSPS) is 16.5. The number of hydrogen-bond acceptors (Lipinski definition) is 5. The first-order chi connectivity index (χ1) is 10.6. The second kappa shape index (κ2) is 7.21. The van der Waals surface area contributed by atoms with Crippen LogP contribution in [0.15, 0.2) is 58.3 Å². The van der Waals surface area contributed by atoms with E-state index in [9.17, 15) is 8.42 Å². The van der Waals surface area contributed by atoms with Gasteiger partial charge in [-0.3, -0.25) is 0 Å². The number of rotatable bonds is 4. The number of fused-ring (bicyclic) bond motifs is 1. The lowest BCUT2D eigenvalue weighted by molar-refractivity contribution is 0.0863. The van der Waals surface area contributed by atoms with Crippen LogP contribution in [-0.4, -0.2) is 27.7 Å². The molecule has 2 aromatic rings. The standard InChI is InChI=1S/C16H17NO4S.ClH/c17-9-8-12-11-20-16-10-14(6-7-15(16)21-12)22(18,19)13-4-2-1-3-5-13;/h1-7,10,12H,8-9,11,17H2;1H/t12-;/m0./s1. The van der Waals surface area contributed by atoms with E-state index in [0.717, 1.165) is 0 Å². The van der Waals surface area contributed by atoms with E-state index in [0.29, 0.717) is 31.1 Å². The third-order valence-corrected chi connectivity index (χ3v) is 5.25. The van der Waals surface area contributed by atoms with Crippen molar-refractivity contribution in [1.82, 2.24) is 0 Å². The third-order valence-electron chi connectivity index (χ3n) is 3.49. The summed E-state index contributed by atoms with van der Waals surface area (Å²) in [5, 5.41) is 0. The van der Waals surface area contributed by atoms with Crippen molar-refractivity contribution in [1.29, 1.82) is 0 Å². The molecule has 3 rings (SSSR count). The molecule has 0 aliphatic carbocycles. The van der Waals surface area contributed by atoms with Crippen LogP contribution in [0.25, 0.3) is 0 Å². The fourth-order valence-corrected chi connectivity index (χ4v) is 3.62. The van der Waals surface area contributed by atoms with Gasteiger partial charge in [-0.1, -0.05) is 18.2 Å². The number of benzene rings is 2. The molecule has 23 heavy (non-hydrogen) atoms. The summed E-state index contributed by atoms with van der Waals surface area (Å²) in [4.78, 5) is 0.450. The second-order valence-electron chi connectivity index (χ2n) is 5.05. The molecule has 2 N–H and O–H groups in total. The predicted octanol–water partition coefficient (Wildman–Crippen LogP) is 2.43. The molecule has 1 aliphatic rings. The van der Waals surface area contributed by atoms with E-state index < -0.39 is 9.84 Å². The van der Waals surface area contributed by atoms with Gasteiger partial charge in [-0.2, -0.15) is 0 Å². The smallest absolute Gasteiger partial charge is 0.206 e. The highest BCUT2D eigenvalue weighted by atomic mass is 35.5. The van der Waals surface area contributed by atoms with Gasteiger partial charge < -0.3 is 15.2 Å². The first kappa shape index (κ1) is 17.6. The zero-order chi connectivity index (χ0) is 15.6. The predicted molar refractivity (Wildman–Crippen MR) is 89.2 cm³/mol. The van der Waals surface area contributed by atoms with Gasteiger partial charge in [-0.05, 0) is 37.2 Å². The van der Waals surface area contributed by atoms with Gasteiger partial charge in [0.15, 0.2) is 11.5 Å². The van der Waals surface area contributed by atoms with Crippen LogP contribution in [0, 0.1) is 0 Å². The Labute approximate surface area is 141 Å². The number of halogens is 1. The largest absolute Gasteiger partial charge is 0.486 e. The molecular formula is C16H18ClNO4S. The van der Waals surface area contributed by atoms with Crippen molar-refractivity contribution in [3.8, 4) is 11.5 Å². The van der Waals surface area contributed by atoms with Crippen molar-refractivity contribution in [3.63, 3.8) is 0 Å². The molecular weight excluding hydrogens is 338 g/mol. The van der Waals surface area contributed by atoms with Gasteiger partial charge in [-0.15, -0.1) is 12.4 Å². The first-order valence-electron chi connectivity index (χ1n) is 7.05. The van der Waals surface area contributed by atoms with E-state index in [1.54, 1.807) is 36.4 Å². The lowest BCUT2D eigenvalue weighted by atomic mass is 10.2. The number of hydrogen-bond donors (Lipinski definition) is 1. The molecule has 1 atom stereocenters. The minimum absolute atomic E-state index is 0. The van der Waals surface area contributed by atoms with Crippen molar-refractivity contribution in [2.45, 2.75) is 22.3 Å². The SMILES string of the molecule is Cl.NCC[C@H]1COc2cc(S(=O)(=O)c3ccccc3)ccc2O1. The summed E-state index contributed by atoms with van der Waals surface area (Å²) < 4.78 is 36.5. The summed E-state index contributed by atoms with van der Waals surface area (Å²) in [7, 11) is -3.55. The van der Waals surface area contributed by atoms with E-state index in [-0.39, 0.29) is 28.3 Å². The van der Waals surface area contributed by atoms with Gasteiger partial charge in [0.25, 0.3) is 0 Å². The molecule has 1 aliphatic heterocycles. The van der Waals surface area contributed by atoms with E-state index in [2.05, 4.69) is 0 Å². The maximum atomic E-state index is 12.6. The highest BCUT2D eigenvalue weighted by Crippen LogP contribution is 2.35. The Morgan fingerprint density at radius 2 is 1.78 bits per heavy atom. The Bertz CT molecular complexity index is 765. The maximum absolute atomic E-state index is 12.6. The summed E-state index contributed by atoms with van der Waals surface area (Å²) >= 11 is 0. The van der Waals surface area contributed by atoms with Crippen LogP contribution >= 0.6 is 12.4 Å². The Hall–Kier alpha value is -1.76. The van der Waals surface area contributed by atoms with Crippen LogP contribution in [0.1, 0.15) is 6.42 Å². The van der Waals surface area contributed by atoms with Crippen LogP contribution in [0.5, 0.6) is 11.5 Å². The van der Waals surface area contributed by atoms with E-state index in [1.165, 1.54) is 12.1 Å². The fraction of sp³-hybridized carbons (Fsp3) is 0.250. The van der Waals surface area contributed by atoms with Gasteiger partial charge in [0, 0.05) is 6.07 Å². The minimum atomic E-state index is -3.55. The van der Waals surface area contributed by atoms with E-state index in [4.69, 9.17) is 15.2 Å². The molecule has 0 unspecified atom stereocenters. The van der Waals surface area contributed by atoms with Crippen molar-refractivity contribution in [2.24, 2.45) is 5.73 Å². The Morgan fingerprint density at radius 1 is 1.04 bits per heavy atom. The number of sulfone groups is 1. The zero-order valence-electron chi connectivity index (χ0n) is 12.3. The average Bonchev–Trinajstić information content (AvgIpc) is 2.55. The van der Waals surface area contributed by atoms with Gasteiger partial charge in [0.2, 0.25) is 9.84 Å².